The van der Waals surface area contributed by atoms with E-state index < -0.39 is 0 Å². The Morgan fingerprint density at radius 2 is 1.38 bits per heavy atom. The second-order valence-corrected chi connectivity index (χ2v) is 2.90. The van der Waals surface area contributed by atoms with Crippen LogP contribution in [0.25, 0.3) is 0 Å². The van der Waals surface area contributed by atoms with Gasteiger partial charge in [-0.25, -0.2) is 0 Å². The van der Waals surface area contributed by atoms with Crippen molar-refractivity contribution in [1.82, 2.24) is 0 Å². The molecule has 1 aliphatic carbocycles. The van der Waals surface area contributed by atoms with Crippen LogP contribution in [0.4, 0.5) is 0 Å². The molecule has 8 heavy (non-hydrogen) atoms. The third-order valence-corrected chi connectivity index (χ3v) is 2.15. The van der Waals surface area contributed by atoms with Crippen molar-refractivity contribution in [3.8, 4) is 0 Å². The van der Waals surface area contributed by atoms with Gasteiger partial charge >= 0.3 is 0 Å². The van der Waals surface area contributed by atoms with Crippen LogP contribution in [0, 0.1) is 11.8 Å². The molecule has 0 aromatic rings. The molecule has 0 radical (unpaired) electrons. The van der Waals surface area contributed by atoms with E-state index in [1.54, 1.807) is 0 Å². The summed E-state index contributed by atoms with van der Waals surface area (Å²) in [6.07, 6.45) is 7.18. The lowest BCUT2D eigenvalue weighted by molar-refractivity contribution is 0.380. The van der Waals surface area contributed by atoms with Crippen LogP contribution in [-0.4, -0.2) is 0 Å². The SMILES string of the molecule is C[C@@H]1CC=CC[C@H]1C. The molecule has 1 rings (SSSR count). The van der Waals surface area contributed by atoms with Crippen LogP contribution in [0.15, 0.2) is 12.2 Å². The Labute approximate surface area is 51.6 Å². The van der Waals surface area contributed by atoms with Crippen molar-refractivity contribution in [3.05, 3.63) is 12.2 Å². The molecule has 0 bridgehead atoms. The zero-order valence-electron chi connectivity index (χ0n) is 5.72. The molecule has 0 saturated carbocycles. The van der Waals surface area contributed by atoms with Crippen molar-refractivity contribution >= 4 is 0 Å². The summed E-state index contributed by atoms with van der Waals surface area (Å²) >= 11 is 0. The first-order chi connectivity index (χ1) is 3.80. The van der Waals surface area contributed by atoms with Crippen LogP contribution in [0.1, 0.15) is 26.7 Å². The highest BCUT2D eigenvalue weighted by atomic mass is 14.2. The molecule has 46 valence electrons. The molecule has 0 N–H and O–H groups in total. The molecule has 0 spiro atoms. The molecule has 0 heterocycles. The van der Waals surface area contributed by atoms with Crippen LogP contribution < -0.4 is 0 Å². The van der Waals surface area contributed by atoms with E-state index >= 15 is 0 Å². The first-order valence-corrected chi connectivity index (χ1v) is 3.45. The van der Waals surface area contributed by atoms with Crippen molar-refractivity contribution in [2.75, 3.05) is 0 Å². The normalized spacial score (nSPS) is 37.8. The zero-order chi connectivity index (χ0) is 5.98. The maximum absolute atomic E-state index is 2.33. The van der Waals surface area contributed by atoms with Crippen molar-refractivity contribution < 1.29 is 0 Å². The van der Waals surface area contributed by atoms with Gasteiger partial charge in [-0.3, -0.25) is 0 Å². The highest BCUT2D eigenvalue weighted by molar-refractivity contribution is 4.91. The molecule has 0 aliphatic heterocycles. The Bertz CT molecular complexity index is 80.2. The van der Waals surface area contributed by atoms with Crippen LogP contribution in [0.5, 0.6) is 0 Å². The summed E-state index contributed by atoms with van der Waals surface area (Å²) in [5.41, 5.74) is 0. The monoisotopic (exact) mass is 110 g/mol. The minimum absolute atomic E-state index is 0.917. The summed E-state index contributed by atoms with van der Waals surface area (Å²) in [5.74, 6) is 1.83. The Morgan fingerprint density at radius 3 is 1.62 bits per heavy atom. The van der Waals surface area contributed by atoms with E-state index in [1.807, 2.05) is 0 Å². The standard InChI is InChI=1S/C8H14/c1-7-5-3-4-6-8(7)2/h3-4,7-8H,5-6H2,1-2H3/t7-,8-/m1/s1. The number of hydrogen-bond donors (Lipinski definition) is 0. The summed E-state index contributed by atoms with van der Waals surface area (Å²) in [4.78, 5) is 0. The number of allylic oxidation sites excluding steroid dienone is 2. The summed E-state index contributed by atoms with van der Waals surface area (Å²) in [6.45, 7) is 4.66. The van der Waals surface area contributed by atoms with Crippen LogP contribution in [0.3, 0.4) is 0 Å². The predicted octanol–water partition coefficient (Wildman–Crippen LogP) is 2.61. The molecule has 0 fully saturated rings. The smallest absolute Gasteiger partial charge is 0.0322 e. The minimum Gasteiger partial charge on any atom is -0.0883 e. The maximum Gasteiger partial charge on any atom is -0.0322 e. The zero-order valence-corrected chi connectivity index (χ0v) is 5.72. The maximum atomic E-state index is 2.33. The fraction of sp³-hybridized carbons (Fsp3) is 0.750. The third kappa shape index (κ3) is 1.12. The van der Waals surface area contributed by atoms with E-state index in [-0.39, 0.29) is 0 Å². The van der Waals surface area contributed by atoms with Crippen molar-refractivity contribution in [3.63, 3.8) is 0 Å². The van der Waals surface area contributed by atoms with Gasteiger partial charge in [0.15, 0.2) is 0 Å². The van der Waals surface area contributed by atoms with E-state index in [4.69, 9.17) is 0 Å². The van der Waals surface area contributed by atoms with Crippen molar-refractivity contribution in [2.45, 2.75) is 26.7 Å². The first-order valence-electron chi connectivity index (χ1n) is 3.45. The van der Waals surface area contributed by atoms with E-state index in [0.717, 1.165) is 11.8 Å². The molecule has 2 atom stereocenters. The van der Waals surface area contributed by atoms with Gasteiger partial charge in [-0.15, -0.1) is 0 Å². The van der Waals surface area contributed by atoms with E-state index in [2.05, 4.69) is 26.0 Å². The Kier molecular flexibility index (Phi) is 1.72. The summed E-state index contributed by atoms with van der Waals surface area (Å²) in [6, 6.07) is 0. The van der Waals surface area contributed by atoms with Gasteiger partial charge in [-0.2, -0.15) is 0 Å². The first kappa shape index (κ1) is 5.87. The molecule has 1 aliphatic rings. The Hall–Kier alpha value is -0.260. The van der Waals surface area contributed by atoms with Gasteiger partial charge in [0.1, 0.15) is 0 Å². The lowest BCUT2D eigenvalue weighted by atomic mass is 9.86. The van der Waals surface area contributed by atoms with E-state index in [9.17, 15) is 0 Å². The molecular formula is C8H14. The molecule has 0 aromatic heterocycles. The highest BCUT2D eigenvalue weighted by Gasteiger charge is 2.11. The van der Waals surface area contributed by atoms with E-state index in [0.29, 0.717) is 0 Å². The van der Waals surface area contributed by atoms with Gasteiger partial charge in [0.05, 0.1) is 0 Å². The Morgan fingerprint density at radius 1 is 1.00 bits per heavy atom. The quantitative estimate of drug-likeness (QED) is 0.420. The van der Waals surface area contributed by atoms with E-state index in [1.165, 1.54) is 12.8 Å². The molecule has 0 nitrogen and oxygen atoms in total. The van der Waals surface area contributed by atoms with Gasteiger partial charge in [0.25, 0.3) is 0 Å². The van der Waals surface area contributed by atoms with Gasteiger partial charge < -0.3 is 0 Å². The lowest BCUT2D eigenvalue weighted by Gasteiger charge is -2.19. The second kappa shape index (κ2) is 2.34. The average Bonchev–Trinajstić information content (AvgIpc) is 1.77. The minimum atomic E-state index is 0.917. The lowest BCUT2D eigenvalue weighted by Crippen LogP contribution is -2.08. The predicted molar refractivity (Wildman–Crippen MR) is 36.7 cm³/mol. The van der Waals surface area contributed by atoms with Crippen molar-refractivity contribution in [2.24, 2.45) is 11.8 Å². The summed E-state index contributed by atoms with van der Waals surface area (Å²) in [5, 5.41) is 0. The second-order valence-electron chi connectivity index (χ2n) is 2.90. The Balaban J connectivity index is 2.44. The van der Waals surface area contributed by atoms with Gasteiger partial charge in [-0.1, -0.05) is 26.0 Å². The number of hydrogen-bond acceptors (Lipinski definition) is 0. The van der Waals surface area contributed by atoms with Crippen LogP contribution in [-0.2, 0) is 0 Å². The van der Waals surface area contributed by atoms with Crippen LogP contribution in [0.2, 0.25) is 0 Å². The molecule has 0 saturated heterocycles. The number of rotatable bonds is 0. The fourth-order valence-electron chi connectivity index (χ4n) is 1.09. The van der Waals surface area contributed by atoms with Gasteiger partial charge in [0.2, 0.25) is 0 Å². The van der Waals surface area contributed by atoms with Gasteiger partial charge in [0, 0.05) is 0 Å². The van der Waals surface area contributed by atoms with Crippen LogP contribution >= 0.6 is 0 Å². The summed E-state index contributed by atoms with van der Waals surface area (Å²) in [7, 11) is 0. The van der Waals surface area contributed by atoms with Crippen molar-refractivity contribution in [1.29, 1.82) is 0 Å². The topological polar surface area (TPSA) is 0 Å². The molecule has 0 heteroatoms. The molecular weight excluding hydrogens is 96.1 g/mol. The highest BCUT2D eigenvalue weighted by Crippen LogP contribution is 2.23. The largest absolute Gasteiger partial charge is 0.0883 e. The van der Waals surface area contributed by atoms with Gasteiger partial charge in [-0.05, 0) is 24.7 Å². The molecule has 0 unspecified atom stereocenters. The average molecular weight is 110 g/mol. The summed E-state index contributed by atoms with van der Waals surface area (Å²) < 4.78 is 0. The molecule has 0 aromatic carbocycles. The molecule has 0 amide bonds. The fourth-order valence-corrected chi connectivity index (χ4v) is 1.09. The third-order valence-electron chi connectivity index (χ3n) is 2.15.